The van der Waals surface area contributed by atoms with Gasteiger partial charge in [-0.25, -0.2) is 0 Å². The normalized spacial score (nSPS) is 9.64. The Balaban J connectivity index is 2.56. The van der Waals surface area contributed by atoms with Crippen LogP contribution in [0.25, 0.3) is 11.3 Å². The first-order valence-electron chi connectivity index (χ1n) is 3.98. The fraction of sp³-hybridized carbons (Fsp3) is 0. The number of nitriles is 1. The summed E-state index contributed by atoms with van der Waals surface area (Å²) in [5, 5.41) is 18.7. The highest BCUT2D eigenvalue weighted by atomic mass is 15.3. The molecule has 14 heavy (non-hydrogen) atoms. The number of H-pyrrole nitrogens is 1. The smallest absolute Gasteiger partial charge is 0.190 e. The summed E-state index contributed by atoms with van der Waals surface area (Å²) in [5.74, 6) is 0. The first-order valence-corrected chi connectivity index (χ1v) is 3.98. The third kappa shape index (κ3) is 1.29. The molecule has 0 saturated heterocycles. The summed E-state index contributed by atoms with van der Waals surface area (Å²) in [6.07, 6.45) is 0. The largest absolute Gasteiger partial charge is 0.399 e. The highest BCUT2D eigenvalue weighted by molar-refractivity contribution is 5.67. The monoisotopic (exact) mass is 185 g/mol. The SMILES string of the molecule is N#Cc1n[nH]nc1-c1cccc(N)c1. The molecule has 68 valence electrons. The van der Waals surface area contributed by atoms with Crippen molar-refractivity contribution in [1.82, 2.24) is 15.4 Å². The number of aromatic amines is 1. The second-order valence-electron chi connectivity index (χ2n) is 2.76. The van der Waals surface area contributed by atoms with Crippen LogP contribution in [-0.2, 0) is 0 Å². The predicted molar refractivity (Wildman–Crippen MR) is 50.9 cm³/mol. The maximum atomic E-state index is 8.73. The molecule has 0 spiro atoms. The van der Waals surface area contributed by atoms with Crippen molar-refractivity contribution in [3.63, 3.8) is 0 Å². The van der Waals surface area contributed by atoms with Gasteiger partial charge in [-0.15, -0.1) is 5.10 Å². The molecular formula is C9H7N5. The summed E-state index contributed by atoms with van der Waals surface area (Å²) in [6, 6.07) is 9.10. The number of anilines is 1. The Labute approximate surface area is 80.2 Å². The van der Waals surface area contributed by atoms with Gasteiger partial charge in [0.1, 0.15) is 11.8 Å². The molecule has 0 aliphatic rings. The van der Waals surface area contributed by atoms with Crippen LogP contribution in [0.2, 0.25) is 0 Å². The van der Waals surface area contributed by atoms with E-state index in [2.05, 4.69) is 15.4 Å². The van der Waals surface area contributed by atoms with Gasteiger partial charge in [0.2, 0.25) is 0 Å². The lowest BCUT2D eigenvalue weighted by molar-refractivity contribution is 0.937. The van der Waals surface area contributed by atoms with E-state index in [1.807, 2.05) is 12.1 Å². The molecule has 0 amide bonds. The predicted octanol–water partition coefficient (Wildman–Crippen LogP) is 0.926. The lowest BCUT2D eigenvalue weighted by Gasteiger charge is -1.97. The molecule has 5 nitrogen and oxygen atoms in total. The molecule has 0 saturated carbocycles. The Bertz CT molecular complexity index is 494. The standard InChI is InChI=1S/C9H7N5/c10-5-8-9(13-14-12-8)6-2-1-3-7(11)4-6/h1-4H,11H2,(H,12,13,14). The van der Waals surface area contributed by atoms with Gasteiger partial charge in [0.15, 0.2) is 5.69 Å². The minimum atomic E-state index is 0.274. The molecule has 0 fully saturated rings. The van der Waals surface area contributed by atoms with Crippen molar-refractivity contribution in [2.45, 2.75) is 0 Å². The fourth-order valence-electron chi connectivity index (χ4n) is 1.20. The van der Waals surface area contributed by atoms with Crippen LogP contribution in [0.5, 0.6) is 0 Å². The first kappa shape index (κ1) is 8.26. The van der Waals surface area contributed by atoms with Crippen molar-refractivity contribution in [2.24, 2.45) is 0 Å². The van der Waals surface area contributed by atoms with Gasteiger partial charge in [-0.2, -0.15) is 15.6 Å². The minimum Gasteiger partial charge on any atom is -0.399 e. The number of nitrogens with one attached hydrogen (secondary N) is 1. The Morgan fingerprint density at radius 2 is 2.21 bits per heavy atom. The number of nitrogen functional groups attached to an aromatic ring is 1. The minimum absolute atomic E-state index is 0.274. The van der Waals surface area contributed by atoms with Gasteiger partial charge in [-0.3, -0.25) is 0 Å². The van der Waals surface area contributed by atoms with E-state index in [-0.39, 0.29) is 5.69 Å². The number of benzene rings is 1. The number of nitrogens with zero attached hydrogens (tertiary/aromatic N) is 3. The molecule has 2 aromatic rings. The zero-order valence-electron chi connectivity index (χ0n) is 7.23. The third-order valence-electron chi connectivity index (χ3n) is 1.81. The van der Waals surface area contributed by atoms with Gasteiger partial charge < -0.3 is 5.73 Å². The Morgan fingerprint density at radius 3 is 2.93 bits per heavy atom. The molecule has 0 radical (unpaired) electrons. The Kier molecular flexibility index (Phi) is 1.88. The number of rotatable bonds is 1. The zero-order valence-corrected chi connectivity index (χ0v) is 7.23. The lowest BCUT2D eigenvalue weighted by atomic mass is 10.1. The van der Waals surface area contributed by atoms with Gasteiger partial charge in [0.05, 0.1) is 0 Å². The van der Waals surface area contributed by atoms with Crippen molar-refractivity contribution in [3.05, 3.63) is 30.0 Å². The van der Waals surface area contributed by atoms with Crippen LogP contribution in [0.4, 0.5) is 5.69 Å². The van der Waals surface area contributed by atoms with Crippen LogP contribution in [0.1, 0.15) is 5.69 Å². The quantitative estimate of drug-likeness (QED) is 0.646. The molecule has 3 N–H and O–H groups in total. The third-order valence-corrected chi connectivity index (χ3v) is 1.81. The lowest BCUT2D eigenvalue weighted by Crippen LogP contribution is -1.87. The molecular weight excluding hydrogens is 178 g/mol. The van der Waals surface area contributed by atoms with E-state index in [4.69, 9.17) is 11.0 Å². The Morgan fingerprint density at radius 1 is 1.36 bits per heavy atom. The van der Waals surface area contributed by atoms with Crippen LogP contribution in [0.3, 0.4) is 0 Å². The highest BCUT2D eigenvalue weighted by Gasteiger charge is 2.08. The number of nitrogens with two attached hydrogens (primary N) is 1. The average Bonchev–Trinajstić information content (AvgIpc) is 2.65. The summed E-state index contributed by atoms with van der Waals surface area (Å²) < 4.78 is 0. The van der Waals surface area contributed by atoms with Crippen molar-refractivity contribution in [1.29, 1.82) is 5.26 Å². The van der Waals surface area contributed by atoms with Crippen LogP contribution >= 0.6 is 0 Å². The molecule has 5 heteroatoms. The molecule has 0 bridgehead atoms. The van der Waals surface area contributed by atoms with Crippen molar-refractivity contribution < 1.29 is 0 Å². The summed E-state index contributed by atoms with van der Waals surface area (Å²) >= 11 is 0. The summed E-state index contributed by atoms with van der Waals surface area (Å²) in [6.45, 7) is 0. The van der Waals surface area contributed by atoms with Gasteiger partial charge in [0, 0.05) is 11.3 Å². The second kappa shape index (κ2) is 3.18. The molecule has 0 aliphatic carbocycles. The van der Waals surface area contributed by atoms with E-state index in [1.54, 1.807) is 18.2 Å². The summed E-state index contributed by atoms with van der Waals surface area (Å²) in [4.78, 5) is 0. The van der Waals surface area contributed by atoms with E-state index in [0.29, 0.717) is 11.4 Å². The maximum absolute atomic E-state index is 8.73. The topological polar surface area (TPSA) is 91.4 Å². The van der Waals surface area contributed by atoms with Crippen LogP contribution in [0.15, 0.2) is 24.3 Å². The highest BCUT2D eigenvalue weighted by Crippen LogP contribution is 2.20. The molecule has 0 atom stereocenters. The van der Waals surface area contributed by atoms with E-state index in [1.165, 1.54) is 0 Å². The summed E-state index contributed by atoms with van der Waals surface area (Å²) in [7, 11) is 0. The average molecular weight is 185 g/mol. The van der Waals surface area contributed by atoms with E-state index in [0.717, 1.165) is 5.56 Å². The number of aromatic nitrogens is 3. The fourth-order valence-corrected chi connectivity index (χ4v) is 1.20. The zero-order chi connectivity index (χ0) is 9.97. The molecule has 1 aromatic carbocycles. The van der Waals surface area contributed by atoms with Crippen molar-refractivity contribution >= 4 is 5.69 Å². The van der Waals surface area contributed by atoms with Crippen LogP contribution < -0.4 is 5.73 Å². The van der Waals surface area contributed by atoms with Gasteiger partial charge >= 0.3 is 0 Å². The second-order valence-corrected chi connectivity index (χ2v) is 2.76. The van der Waals surface area contributed by atoms with E-state index >= 15 is 0 Å². The maximum Gasteiger partial charge on any atom is 0.190 e. The van der Waals surface area contributed by atoms with E-state index in [9.17, 15) is 0 Å². The van der Waals surface area contributed by atoms with E-state index < -0.39 is 0 Å². The van der Waals surface area contributed by atoms with Gasteiger partial charge in [0.25, 0.3) is 0 Å². The summed E-state index contributed by atoms with van der Waals surface area (Å²) in [5.41, 5.74) is 7.84. The van der Waals surface area contributed by atoms with Crippen molar-refractivity contribution in [2.75, 3.05) is 5.73 Å². The molecule has 0 unspecified atom stereocenters. The number of hydrogen-bond donors (Lipinski definition) is 2. The molecule has 1 aromatic heterocycles. The molecule has 0 aliphatic heterocycles. The first-order chi connectivity index (χ1) is 6.81. The van der Waals surface area contributed by atoms with Gasteiger partial charge in [-0.05, 0) is 12.1 Å². The van der Waals surface area contributed by atoms with Crippen LogP contribution in [0, 0.1) is 11.3 Å². The van der Waals surface area contributed by atoms with Gasteiger partial charge in [-0.1, -0.05) is 12.1 Å². The molecule has 2 rings (SSSR count). The van der Waals surface area contributed by atoms with Crippen molar-refractivity contribution in [3.8, 4) is 17.3 Å². The number of hydrogen-bond acceptors (Lipinski definition) is 4. The Hall–Kier alpha value is -2.35. The molecule has 1 heterocycles. The van der Waals surface area contributed by atoms with Crippen LogP contribution in [-0.4, -0.2) is 15.4 Å².